The van der Waals surface area contributed by atoms with Gasteiger partial charge in [-0.25, -0.2) is 0 Å². The number of hydrogen-bond donors (Lipinski definition) is 1. The van der Waals surface area contributed by atoms with Gasteiger partial charge < -0.3 is 10.2 Å². The monoisotopic (exact) mass is 260 g/mol. The van der Waals surface area contributed by atoms with Gasteiger partial charge in [-0.2, -0.15) is 0 Å². The van der Waals surface area contributed by atoms with Gasteiger partial charge in [0.05, 0.1) is 0 Å². The standard InChI is InChI=1S/C17H28N2/c1-14(2)18-13-15-5-7-16(8-6-15)19-11-9-17(3,4)10-12-19/h5-8,14,18H,9-13H2,1-4H3. The van der Waals surface area contributed by atoms with E-state index in [-0.39, 0.29) is 0 Å². The Balaban J connectivity index is 1.92. The van der Waals surface area contributed by atoms with E-state index in [2.05, 4.69) is 62.2 Å². The van der Waals surface area contributed by atoms with Gasteiger partial charge in [0.2, 0.25) is 0 Å². The van der Waals surface area contributed by atoms with Crippen LogP contribution in [0.15, 0.2) is 24.3 Å². The summed E-state index contributed by atoms with van der Waals surface area (Å²) in [6, 6.07) is 9.60. The summed E-state index contributed by atoms with van der Waals surface area (Å²) in [4.78, 5) is 2.52. The van der Waals surface area contributed by atoms with Crippen LogP contribution >= 0.6 is 0 Å². The summed E-state index contributed by atoms with van der Waals surface area (Å²) in [6.07, 6.45) is 2.59. The Kier molecular flexibility index (Phi) is 4.51. The summed E-state index contributed by atoms with van der Waals surface area (Å²) < 4.78 is 0. The molecule has 106 valence electrons. The first-order chi connectivity index (χ1) is 8.96. The molecule has 0 aromatic heterocycles. The highest BCUT2D eigenvalue weighted by Gasteiger charge is 2.25. The predicted molar refractivity (Wildman–Crippen MR) is 83.6 cm³/mol. The van der Waals surface area contributed by atoms with E-state index in [1.807, 2.05) is 0 Å². The highest BCUT2D eigenvalue weighted by molar-refractivity contribution is 5.48. The molecule has 0 radical (unpaired) electrons. The number of rotatable bonds is 4. The van der Waals surface area contributed by atoms with Gasteiger partial charge in [-0.05, 0) is 36.0 Å². The van der Waals surface area contributed by atoms with Gasteiger partial charge in [0.1, 0.15) is 0 Å². The van der Waals surface area contributed by atoms with Gasteiger partial charge in [0, 0.05) is 31.4 Å². The van der Waals surface area contributed by atoms with Gasteiger partial charge in [0.15, 0.2) is 0 Å². The van der Waals surface area contributed by atoms with E-state index in [1.54, 1.807) is 0 Å². The number of nitrogens with one attached hydrogen (secondary N) is 1. The van der Waals surface area contributed by atoms with Crippen molar-refractivity contribution < 1.29 is 0 Å². The van der Waals surface area contributed by atoms with Crippen LogP contribution in [-0.4, -0.2) is 19.1 Å². The fourth-order valence-electron chi connectivity index (χ4n) is 2.52. The van der Waals surface area contributed by atoms with Gasteiger partial charge in [0.25, 0.3) is 0 Å². The van der Waals surface area contributed by atoms with Crippen LogP contribution in [0.2, 0.25) is 0 Å². The van der Waals surface area contributed by atoms with Crippen molar-refractivity contribution in [2.45, 2.75) is 53.1 Å². The van der Waals surface area contributed by atoms with E-state index in [1.165, 1.54) is 37.2 Å². The van der Waals surface area contributed by atoms with E-state index in [9.17, 15) is 0 Å². The Morgan fingerprint density at radius 1 is 1.11 bits per heavy atom. The Morgan fingerprint density at radius 2 is 1.68 bits per heavy atom. The zero-order valence-corrected chi connectivity index (χ0v) is 12.9. The number of hydrogen-bond acceptors (Lipinski definition) is 2. The molecule has 0 amide bonds. The second kappa shape index (κ2) is 5.96. The third kappa shape index (κ3) is 4.24. The van der Waals surface area contributed by atoms with Crippen LogP contribution in [-0.2, 0) is 6.54 Å². The molecule has 1 heterocycles. The zero-order chi connectivity index (χ0) is 13.9. The maximum atomic E-state index is 3.46. The number of piperidine rings is 1. The van der Waals surface area contributed by atoms with E-state index in [0.717, 1.165) is 6.54 Å². The first-order valence-corrected chi connectivity index (χ1v) is 7.54. The van der Waals surface area contributed by atoms with Crippen LogP contribution in [0.3, 0.4) is 0 Å². The first-order valence-electron chi connectivity index (χ1n) is 7.54. The van der Waals surface area contributed by atoms with Crippen LogP contribution in [0.5, 0.6) is 0 Å². The Bertz CT molecular complexity index is 382. The maximum absolute atomic E-state index is 3.46. The van der Waals surface area contributed by atoms with Crippen molar-refractivity contribution in [1.82, 2.24) is 5.32 Å². The van der Waals surface area contributed by atoms with Crippen LogP contribution in [0.4, 0.5) is 5.69 Å². The summed E-state index contributed by atoms with van der Waals surface area (Å²) in [5.74, 6) is 0. The fraction of sp³-hybridized carbons (Fsp3) is 0.647. The lowest BCUT2D eigenvalue weighted by atomic mass is 9.82. The molecule has 0 unspecified atom stereocenters. The summed E-state index contributed by atoms with van der Waals surface area (Å²) in [6.45, 7) is 12.5. The van der Waals surface area contributed by atoms with E-state index in [0.29, 0.717) is 11.5 Å². The first kappa shape index (κ1) is 14.4. The average molecular weight is 260 g/mol. The molecule has 1 saturated heterocycles. The molecule has 19 heavy (non-hydrogen) atoms. The third-order valence-corrected chi connectivity index (χ3v) is 4.13. The van der Waals surface area contributed by atoms with E-state index < -0.39 is 0 Å². The van der Waals surface area contributed by atoms with Crippen molar-refractivity contribution in [3.8, 4) is 0 Å². The number of anilines is 1. The molecule has 2 heteroatoms. The molecule has 1 aromatic carbocycles. The molecule has 2 rings (SSSR count). The van der Waals surface area contributed by atoms with Crippen molar-refractivity contribution in [2.24, 2.45) is 5.41 Å². The maximum Gasteiger partial charge on any atom is 0.0366 e. The van der Waals surface area contributed by atoms with Crippen LogP contribution < -0.4 is 10.2 Å². The molecule has 1 aliphatic heterocycles. The highest BCUT2D eigenvalue weighted by Crippen LogP contribution is 2.32. The van der Waals surface area contributed by atoms with Gasteiger partial charge in [-0.15, -0.1) is 0 Å². The molecule has 0 atom stereocenters. The summed E-state index contributed by atoms with van der Waals surface area (Å²) in [5, 5.41) is 3.46. The molecule has 1 aromatic rings. The van der Waals surface area contributed by atoms with Gasteiger partial charge >= 0.3 is 0 Å². The summed E-state index contributed by atoms with van der Waals surface area (Å²) in [5.41, 5.74) is 3.27. The van der Waals surface area contributed by atoms with Crippen molar-refractivity contribution in [2.75, 3.05) is 18.0 Å². The second-order valence-corrected chi connectivity index (χ2v) is 6.85. The molecular formula is C17H28N2. The molecule has 1 fully saturated rings. The quantitative estimate of drug-likeness (QED) is 0.885. The largest absolute Gasteiger partial charge is 0.371 e. The molecular weight excluding hydrogens is 232 g/mol. The lowest BCUT2D eigenvalue weighted by molar-refractivity contribution is 0.280. The van der Waals surface area contributed by atoms with Crippen molar-refractivity contribution in [1.29, 1.82) is 0 Å². The molecule has 0 bridgehead atoms. The molecule has 0 aliphatic carbocycles. The van der Waals surface area contributed by atoms with Gasteiger partial charge in [-0.3, -0.25) is 0 Å². The van der Waals surface area contributed by atoms with Crippen LogP contribution in [0.25, 0.3) is 0 Å². The van der Waals surface area contributed by atoms with Gasteiger partial charge in [-0.1, -0.05) is 39.8 Å². The lowest BCUT2D eigenvalue weighted by Crippen LogP contribution is -2.37. The second-order valence-electron chi connectivity index (χ2n) is 6.85. The highest BCUT2D eigenvalue weighted by atomic mass is 15.1. The molecule has 1 N–H and O–H groups in total. The summed E-state index contributed by atoms with van der Waals surface area (Å²) in [7, 11) is 0. The van der Waals surface area contributed by atoms with E-state index >= 15 is 0 Å². The normalized spacial score (nSPS) is 18.9. The van der Waals surface area contributed by atoms with Crippen LogP contribution in [0, 0.1) is 5.41 Å². The lowest BCUT2D eigenvalue weighted by Gasteiger charge is -2.38. The minimum Gasteiger partial charge on any atom is -0.371 e. The number of nitrogens with zero attached hydrogens (tertiary/aromatic N) is 1. The fourth-order valence-corrected chi connectivity index (χ4v) is 2.52. The van der Waals surface area contributed by atoms with Crippen molar-refractivity contribution in [3.05, 3.63) is 29.8 Å². The molecule has 1 aliphatic rings. The average Bonchev–Trinajstić information content (AvgIpc) is 2.37. The Labute approximate surface area is 118 Å². The smallest absolute Gasteiger partial charge is 0.0366 e. The Morgan fingerprint density at radius 3 is 2.21 bits per heavy atom. The number of benzene rings is 1. The molecule has 0 spiro atoms. The SMILES string of the molecule is CC(C)NCc1ccc(N2CCC(C)(C)CC2)cc1. The topological polar surface area (TPSA) is 15.3 Å². The molecule has 2 nitrogen and oxygen atoms in total. The minimum atomic E-state index is 0.525. The zero-order valence-electron chi connectivity index (χ0n) is 12.9. The molecule has 0 saturated carbocycles. The third-order valence-electron chi connectivity index (χ3n) is 4.13. The van der Waals surface area contributed by atoms with E-state index in [4.69, 9.17) is 0 Å². The Hall–Kier alpha value is -1.02. The van der Waals surface area contributed by atoms with Crippen molar-refractivity contribution >= 4 is 5.69 Å². The minimum absolute atomic E-state index is 0.525. The summed E-state index contributed by atoms with van der Waals surface area (Å²) >= 11 is 0. The van der Waals surface area contributed by atoms with Crippen LogP contribution in [0.1, 0.15) is 46.1 Å². The van der Waals surface area contributed by atoms with Crippen molar-refractivity contribution in [3.63, 3.8) is 0 Å². The predicted octanol–water partition coefficient (Wildman–Crippen LogP) is 3.81.